The Balaban J connectivity index is 2.25. The second-order valence-corrected chi connectivity index (χ2v) is 4.33. The number of halogens is 1. The predicted molar refractivity (Wildman–Crippen MR) is 66.7 cm³/mol. The maximum Gasteiger partial charge on any atom is 0.0945 e. The van der Waals surface area contributed by atoms with Gasteiger partial charge in [-0.05, 0) is 31.0 Å². The Morgan fingerprint density at radius 1 is 1.44 bits per heavy atom. The Hall–Kier alpha value is -1.46. The minimum atomic E-state index is 0.796. The van der Waals surface area contributed by atoms with Gasteiger partial charge in [0.1, 0.15) is 0 Å². The van der Waals surface area contributed by atoms with E-state index in [2.05, 4.69) is 17.0 Å². The molecule has 0 bridgehead atoms. The molecule has 1 aliphatic heterocycles. The molecule has 0 radical (unpaired) electrons. The lowest BCUT2D eigenvalue weighted by Crippen LogP contribution is -2.28. The highest BCUT2D eigenvalue weighted by Crippen LogP contribution is 2.28. The molecule has 2 nitrogen and oxygen atoms in total. The van der Waals surface area contributed by atoms with Crippen molar-refractivity contribution < 1.29 is 0 Å². The van der Waals surface area contributed by atoms with Gasteiger partial charge in [-0.1, -0.05) is 23.7 Å². The van der Waals surface area contributed by atoms with Crippen LogP contribution in [0.25, 0.3) is 0 Å². The summed E-state index contributed by atoms with van der Waals surface area (Å²) < 4.78 is 0. The number of hydrogen-bond donors (Lipinski definition) is 0. The largest absolute Gasteiger partial charge is 0.367 e. The Kier molecular flexibility index (Phi) is 3.17. The summed E-state index contributed by atoms with van der Waals surface area (Å²) >= 11 is 6.09. The minimum absolute atomic E-state index is 0.796. The number of nitriles is 1. The second kappa shape index (κ2) is 4.59. The van der Waals surface area contributed by atoms with Gasteiger partial charge in [0.05, 0.1) is 6.07 Å². The molecule has 3 heteroatoms. The average Bonchev–Trinajstić information content (AvgIpc) is 2.33. The molecular formula is C13H13ClN2. The van der Waals surface area contributed by atoms with Gasteiger partial charge in [0.25, 0.3) is 0 Å². The summed E-state index contributed by atoms with van der Waals surface area (Å²) in [4.78, 5) is 2.25. The second-order valence-electron chi connectivity index (χ2n) is 3.92. The molecule has 82 valence electrons. The smallest absolute Gasteiger partial charge is 0.0945 e. The quantitative estimate of drug-likeness (QED) is 0.743. The Morgan fingerprint density at radius 3 is 2.88 bits per heavy atom. The molecule has 1 aromatic carbocycles. The summed E-state index contributed by atoms with van der Waals surface area (Å²) in [5.74, 6) is 0. The topological polar surface area (TPSA) is 27.0 Å². The van der Waals surface area contributed by atoms with Crippen LogP contribution in [0.4, 0.5) is 5.69 Å². The molecule has 0 saturated carbocycles. The van der Waals surface area contributed by atoms with Crippen LogP contribution in [0.3, 0.4) is 0 Å². The zero-order valence-corrected chi connectivity index (χ0v) is 9.96. The zero-order chi connectivity index (χ0) is 11.5. The van der Waals surface area contributed by atoms with E-state index >= 15 is 0 Å². The molecule has 0 spiro atoms. The number of hydrogen-bond acceptors (Lipinski definition) is 2. The van der Waals surface area contributed by atoms with E-state index in [1.807, 2.05) is 25.1 Å². The maximum atomic E-state index is 8.79. The molecule has 0 atom stereocenters. The molecule has 0 unspecified atom stereocenters. The fraction of sp³-hybridized carbons (Fsp3) is 0.308. The molecule has 0 saturated heterocycles. The Morgan fingerprint density at radius 2 is 2.25 bits per heavy atom. The fourth-order valence-corrected chi connectivity index (χ4v) is 2.10. The molecule has 0 amide bonds. The molecule has 2 rings (SSSR count). The highest BCUT2D eigenvalue weighted by molar-refractivity contribution is 6.31. The Bertz CT molecular complexity index is 471. The summed E-state index contributed by atoms with van der Waals surface area (Å²) in [6.45, 7) is 3.71. The van der Waals surface area contributed by atoms with Gasteiger partial charge in [0.2, 0.25) is 0 Å². The predicted octanol–water partition coefficient (Wildman–Crippen LogP) is 3.31. The van der Waals surface area contributed by atoms with Gasteiger partial charge in [0.15, 0.2) is 0 Å². The van der Waals surface area contributed by atoms with E-state index in [1.54, 1.807) is 0 Å². The maximum absolute atomic E-state index is 8.79. The molecule has 1 aromatic rings. The van der Waals surface area contributed by atoms with E-state index in [0.29, 0.717) is 0 Å². The van der Waals surface area contributed by atoms with Crippen LogP contribution in [0.2, 0.25) is 5.02 Å². The molecule has 1 aliphatic rings. The number of nitrogens with zero attached hydrogens (tertiary/aromatic N) is 2. The monoisotopic (exact) mass is 232 g/mol. The van der Waals surface area contributed by atoms with Crippen molar-refractivity contribution in [2.24, 2.45) is 0 Å². The summed E-state index contributed by atoms with van der Waals surface area (Å²) in [6.07, 6.45) is 2.81. The van der Waals surface area contributed by atoms with Crippen LogP contribution in [-0.2, 0) is 0 Å². The third-order valence-electron chi connectivity index (χ3n) is 2.93. The average molecular weight is 233 g/mol. The first-order chi connectivity index (χ1) is 7.72. The van der Waals surface area contributed by atoms with Gasteiger partial charge < -0.3 is 4.90 Å². The summed E-state index contributed by atoms with van der Waals surface area (Å²) in [6, 6.07) is 8.16. The van der Waals surface area contributed by atoms with Crippen LogP contribution in [0.1, 0.15) is 12.0 Å². The van der Waals surface area contributed by atoms with E-state index < -0.39 is 0 Å². The lowest BCUT2D eigenvalue weighted by Gasteiger charge is -2.28. The van der Waals surface area contributed by atoms with Gasteiger partial charge in [-0.25, -0.2) is 0 Å². The van der Waals surface area contributed by atoms with Crippen LogP contribution < -0.4 is 4.90 Å². The summed E-state index contributed by atoms with van der Waals surface area (Å²) in [5.41, 5.74) is 3.16. The van der Waals surface area contributed by atoms with Crippen molar-refractivity contribution in [1.29, 1.82) is 5.26 Å². The third-order valence-corrected chi connectivity index (χ3v) is 3.34. The van der Waals surface area contributed by atoms with Crippen LogP contribution in [0, 0.1) is 18.3 Å². The van der Waals surface area contributed by atoms with Crippen LogP contribution in [0.15, 0.2) is 29.8 Å². The lowest BCUT2D eigenvalue weighted by molar-refractivity contribution is 0.799. The molecule has 1 heterocycles. The van der Waals surface area contributed by atoms with Crippen molar-refractivity contribution in [3.8, 4) is 6.07 Å². The third kappa shape index (κ3) is 2.05. The van der Waals surface area contributed by atoms with Crippen molar-refractivity contribution in [2.45, 2.75) is 13.3 Å². The number of benzene rings is 1. The van der Waals surface area contributed by atoms with Crippen molar-refractivity contribution >= 4 is 17.3 Å². The molecule has 0 fully saturated rings. The van der Waals surface area contributed by atoms with Crippen LogP contribution in [0.5, 0.6) is 0 Å². The first-order valence-corrected chi connectivity index (χ1v) is 5.69. The van der Waals surface area contributed by atoms with Gasteiger partial charge in [-0.15, -0.1) is 0 Å². The Labute approximate surface area is 101 Å². The minimum Gasteiger partial charge on any atom is -0.367 e. The number of rotatable bonds is 1. The van der Waals surface area contributed by atoms with E-state index in [4.69, 9.17) is 16.9 Å². The molecule has 16 heavy (non-hydrogen) atoms. The van der Waals surface area contributed by atoms with E-state index in [-0.39, 0.29) is 0 Å². The molecular weight excluding hydrogens is 220 g/mol. The SMILES string of the molecule is Cc1c(Cl)cccc1N1CC=C(C#N)CC1. The standard InChI is InChI=1S/C13H13ClN2/c1-10-12(14)3-2-4-13(10)16-7-5-11(9-15)6-8-16/h2-5H,6-8H2,1H3. The normalized spacial score (nSPS) is 15.6. The lowest BCUT2D eigenvalue weighted by atomic mass is 10.1. The van der Waals surface area contributed by atoms with Crippen molar-refractivity contribution in [1.82, 2.24) is 0 Å². The van der Waals surface area contributed by atoms with Gasteiger partial charge in [0, 0.05) is 29.4 Å². The molecule has 0 aliphatic carbocycles. The summed E-state index contributed by atoms with van der Waals surface area (Å²) in [5, 5.41) is 9.59. The number of anilines is 1. The highest BCUT2D eigenvalue weighted by Gasteiger charge is 2.14. The molecule has 0 N–H and O–H groups in total. The van der Waals surface area contributed by atoms with Crippen LogP contribution in [-0.4, -0.2) is 13.1 Å². The van der Waals surface area contributed by atoms with Crippen molar-refractivity contribution in [2.75, 3.05) is 18.0 Å². The first kappa shape index (κ1) is 11.0. The van der Waals surface area contributed by atoms with Crippen molar-refractivity contribution in [3.05, 3.63) is 40.4 Å². The van der Waals surface area contributed by atoms with Crippen molar-refractivity contribution in [3.63, 3.8) is 0 Å². The van der Waals surface area contributed by atoms with E-state index in [9.17, 15) is 0 Å². The van der Waals surface area contributed by atoms with E-state index in [0.717, 1.165) is 35.7 Å². The van der Waals surface area contributed by atoms with E-state index in [1.165, 1.54) is 5.69 Å². The van der Waals surface area contributed by atoms with Gasteiger partial charge >= 0.3 is 0 Å². The fourth-order valence-electron chi connectivity index (χ4n) is 1.93. The summed E-state index contributed by atoms with van der Waals surface area (Å²) in [7, 11) is 0. The zero-order valence-electron chi connectivity index (χ0n) is 9.20. The van der Waals surface area contributed by atoms with Gasteiger partial charge in [-0.2, -0.15) is 5.26 Å². The van der Waals surface area contributed by atoms with Crippen LogP contribution >= 0.6 is 11.6 Å². The first-order valence-electron chi connectivity index (χ1n) is 5.31. The molecule has 0 aromatic heterocycles. The highest BCUT2D eigenvalue weighted by atomic mass is 35.5. The van der Waals surface area contributed by atoms with Gasteiger partial charge in [-0.3, -0.25) is 0 Å².